The molecule has 3 rings (SSSR count). The maximum Gasteiger partial charge on any atom is 0.407 e. The van der Waals surface area contributed by atoms with Crippen molar-refractivity contribution >= 4 is 28.6 Å². The van der Waals surface area contributed by atoms with Crippen LogP contribution in [0.15, 0.2) is 12.1 Å². The molecule has 0 unspecified atom stereocenters. The van der Waals surface area contributed by atoms with Crippen molar-refractivity contribution in [1.29, 1.82) is 0 Å². The molecular formula is C25H35ClN2O5. The number of aliphatic hydroxyl groups excluding tert-OH is 1. The zero-order valence-electron chi connectivity index (χ0n) is 20.5. The Morgan fingerprint density at radius 1 is 1.33 bits per heavy atom. The number of aryl methyl sites for hydroxylation is 1. The molecule has 0 fully saturated rings. The Morgan fingerprint density at radius 3 is 2.61 bits per heavy atom. The molecule has 1 aliphatic heterocycles. The van der Waals surface area contributed by atoms with Gasteiger partial charge in [0.25, 0.3) is 5.15 Å². The summed E-state index contributed by atoms with van der Waals surface area (Å²) in [5.41, 5.74) is 1.21. The highest BCUT2D eigenvalue weighted by atomic mass is 35.5. The van der Waals surface area contributed by atoms with E-state index in [4.69, 9.17) is 21.1 Å². The normalized spacial score (nSPS) is 19.7. The number of carbonyl (C=O) groups excluding carboxylic acids is 1. The zero-order chi connectivity index (χ0) is 24.7. The van der Waals surface area contributed by atoms with E-state index >= 15 is 0 Å². The molecule has 2 aromatic rings. The number of hydrogen-bond acceptors (Lipinski definition) is 5. The molecular weight excluding hydrogens is 444 g/mol. The van der Waals surface area contributed by atoms with Crippen molar-refractivity contribution < 1.29 is 24.1 Å². The number of hydrogen-bond donors (Lipinski definition) is 2. The highest BCUT2D eigenvalue weighted by Crippen LogP contribution is 2.43. The average molecular weight is 479 g/mol. The summed E-state index contributed by atoms with van der Waals surface area (Å²) >= 11 is 6.50. The molecule has 1 amide bonds. The minimum Gasteiger partial charge on any atom is -0.617 e. The predicted molar refractivity (Wildman–Crippen MR) is 129 cm³/mol. The van der Waals surface area contributed by atoms with Crippen LogP contribution in [-0.2, 0) is 10.2 Å². The number of unbranched alkanes of at least 4 members (excludes halogenated alkanes) is 2. The second kappa shape index (κ2) is 9.18. The van der Waals surface area contributed by atoms with Crippen LogP contribution >= 0.6 is 11.6 Å². The Morgan fingerprint density at radius 2 is 2.00 bits per heavy atom. The number of fused-ring (bicyclic) bond motifs is 2. The van der Waals surface area contributed by atoms with E-state index < -0.39 is 23.8 Å². The molecule has 2 atom stereocenters. The third kappa shape index (κ3) is 4.85. The van der Waals surface area contributed by atoms with Crippen molar-refractivity contribution in [2.45, 2.75) is 90.9 Å². The number of amides is 1. The number of nitrogens with zero attached hydrogens (tertiary/aromatic N) is 1. The van der Waals surface area contributed by atoms with Gasteiger partial charge < -0.3 is 25.1 Å². The van der Waals surface area contributed by atoms with Crippen LogP contribution in [0.2, 0.25) is 5.15 Å². The number of benzene rings is 1. The van der Waals surface area contributed by atoms with E-state index in [1.54, 1.807) is 26.0 Å². The summed E-state index contributed by atoms with van der Waals surface area (Å²) in [5, 5.41) is 27.7. The lowest BCUT2D eigenvalue weighted by atomic mass is 9.82. The molecule has 182 valence electrons. The summed E-state index contributed by atoms with van der Waals surface area (Å²) < 4.78 is 12.1. The predicted octanol–water partition coefficient (Wildman–Crippen LogP) is 5.22. The van der Waals surface area contributed by atoms with E-state index in [0.29, 0.717) is 33.6 Å². The molecule has 1 aliphatic rings. The maximum absolute atomic E-state index is 13.1. The van der Waals surface area contributed by atoms with Crippen LogP contribution in [0.25, 0.3) is 10.9 Å². The van der Waals surface area contributed by atoms with Gasteiger partial charge in [0.2, 0.25) is 5.52 Å². The number of carbonyl (C=O) groups is 1. The van der Waals surface area contributed by atoms with Gasteiger partial charge >= 0.3 is 6.09 Å². The second-order valence-corrected chi connectivity index (χ2v) is 10.7. The standard InChI is InChI=1S/C25H35ClN2O5/c1-8-9-10-11-32-23(30)27-20-16-12-17-15(13-18(16)33-25(6,7)21(20)29)14(2)19(24(3,4)5)22(26)28(17)31/h12-13,20-21,29H,8-11H2,1-7H3,(H,27,30)/t20-,21+/m0/s1. The smallest absolute Gasteiger partial charge is 0.407 e. The van der Waals surface area contributed by atoms with Gasteiger partial charge in [0, 0.05) is 17.2 Å². The van der Waals surface area contributed by atoms with Gasteiger partial charge in [0.1, 0.15) is 17.5 Å². The number of ether oxygens (including phenoxy) is 2. The molecule has 33 heavy (non-hydrogen) atoms. The first-order valence-corrected chi connectivity index (χ1v) is 11.9. The number of halogens is 1. The van der Waals surface area contributed by atoms with E-state index in [1.807, 2.05) is 27.7 Å². The fourth-order valence-electron chi connectivity index (χ4n) is 4.51. The Kier molecular flexibility index (Phi) is 7.06. The van der Waals surface area contributed by atoms with E-state index in [9.17, 15) is 15.1 Å². The lowest BCUT2D eigenvalue weighted by Gasteiger charge is -2.42. The van der Waals surface area contributed by atoms with Crippen LogP contribution < -0.4 is 14.8 Å². The van der Waals surface area contributed by atoms with Crippen molar-refractivity contribution in [1.82, 2.24) is 5.32 Å². The zero-order valence-corrected chi connectivity index (χ0v) is 21.3. The topological polar surface area (TPSA) is 94.7 Å². The highest BCUT2D eigenvalue weighted by molar-refractivity contribution is 6.29. The molecule has 7 nitrogen and oxygen atoms in total. The summed E-state index contributed by atoms with van der Waals surface area (Å²) in [6.45, 7) is 13.9. The van der Waals surface area contributed by atoms with Crippen LogP contribution in [0.1, 0.15) is 83.5 Å². The lowest BCUT2D eigenvalue weighted by molar-refractivity contribution is -0.575. The molecule has 0 radical (unpaired) electrons. The van der Waals surface area contributed by atoms with Crippen molar-refractivity contribution in [3.8, 4) is 5.75 Å². The minimum atomic E-state index is -1.06. The van der Waals surface area contributed by atoms with Gasteiger partial charge in [-0.25, -0.2) is 4.79 Å². The van der Waals surface area contributed by atoms with Crippen molar-refractivity contribution in [3.63, 3.8) is 0 Å². The van der Waals surface area contributed by atoms with E-state index in [-0.39, 0.29) is 10.6 Å². The van der Waals surface area contributed by atoms with E-state index in [2.05, 4.69) is 12.2 Å². The van der Waals surface area contributed by atoms with Crippen molar-refractivity contribution in [3.05, 3.63) is 39.2 Å². The average Bonchev–Trinajstić information content (AvgIpc) is 2.71. The Hall–Kier alpha value is -2.25. The van der Waals surface area contributed by atoms with Gasteiger partial charge in [-0.05, 0) is 55.8 Å². The second-order valence-electron chi connectivity index (χ2n) is 10.4. The van der Waals surface area contributed by atoms with Gasteiger partial charge in [-0.1, -0.05) is 40.5 Å². The monoisotopic (exact) mass is 478 g/mol. The first-order valence-electron chi connectivity index (χ1n) is 11.5. The lowest BCUT2D eigenvalue weighted by Crippen LogP contribution is -2.53. The number of alkyl carbamates (subject to hydrolysis) is 1. The first kappa shape index (κ1) is 25.4. The minimum absolute atomic E-state index is 0.116. The van der Waals surface area contributed by atoms with Gasteiger partial charge in [0.05, 0.1) is 18.0 Å². The summed E-state index contributed by atoms with van der Waals surface area (Å²) in [4.78, 5) is 12.5. The maximum atomic E-state index is 13.1. The number of nitrogens with one attached hydrogen (secondary N) is 1. The Labute approximate surface area is 200 Å². The molecule has 0 aliphatic carbocycles. The largest absolute Gasteiger partial charge is 0.617 e. The summed E-state index contributed by atoms with van der Waals surface area (Å²) in [5.74, 6) is 0.499. The van der Waals surface area contributed by atoms with Crippen LogP contribution in [0.5, 0.6) is 5.75 Å². The van der Waals surface area contributed by atoms with Crippen LogP contribution in [0.3, 0.4) is 0 Å². The molecule has 0 saturated heterocycles. The molecule has 0 saturated carbocycles. The molecule has 0 spiro atoms. The fourth-order valence-corrected chi connectivity index (χ4v) is 5.03. The third-order valence-electron chi connectivity index (χ3n) is 6.25. The van der Waals surface area contributed by atoms with Gasteiger partial charge in [-0.3, -0.25) is 0 Å². The summed E-state index contributed by atoms with van der Waals surface area (Å²) in [7, 11) is 0. The molecule has 1 aromatic carbocycles. The number of aliphatic hydroxyl groups is 1. The Bertz CT molecular complexity index is 1060. The van der Waals surface area contributed by atoms with Gasteiger partial charge in [-0.2, -0.15) is 4.73 Å². The molecule has 2 heterocycles. The fraction of sp³-hybridized carbons (Fsp3) is 0.600. The third-order valence-corrected chi connectivity index (χ3v) is 6.59. The van der Waals surface area contributed by atoms with Crippen molar-refractivity contribution in [2.24, 2.45) is 0 Å². The van der Waals surface area contributed by atoms with Crippen LogP contribution in [0.4, 0.5) is 4.79 Å². The highest BCUT2D eigenvalue weighted by Gasteiger charge is 2.45. The number of pyridine rings is 1. The molecule has 1 aromatic heterocycles. The van der Waals surface area contributed by atoms with Crippen molar-refractivity contribution in [2.75, 3.05) is 6.61 Å². The molecule has 8 heteroatoms. The first-order chi connectivity index (χ1) is 15.3. The summed E-state index contributed by atoms with van der Waals surface area (Å²) in [6, 6.07) is 2.63. The quantitative estimate of drug-likeness (QED) is 0.266. The molecule has 2 N–H and O–H groups in total. The van der Waals surface area contributed by atoms with E-state index in [0.717, 1.165) is 30.4 Å². The SMILES string of the molecule is CCCCCOC(=O)N[C@H]1c2cc3c(cc2OC(C)(C)[C@@H]1O)c(C)c(C(C)(C)C)c(Cl)[n+]3[O-]. The van der Waals surface area contributed by atoms with Gasteiger partial charge in [-0.15, -0.1) is 0 Å². The van der Waals surface area contributed by atoms with E-state index in [1.165, 1.54) is 0 Å². The Balaban J connectivity index is 2.10. The summed E-state index contributed by atoms with van der Waals surface area (Å²) in [6.07, 6.45) is 1.08. The van der Waals surface area contributed by atoms with Crippen LogP contribution in [0, 0.1) is 12.1 Å². The van der Waals surface area contributed by atoms with Crippen LogP contribution in [-0.4, -0.2) is 29.5 Å². The molecule has 0 bridgehead atoms. The number of aromatic nitrogens is 1. The number of rotatable bonds is 5. The van der Waals surface area contributed by atoms with Gasteiger partial charge in [0.15, 0.2) is 0 Å².